The standard InChI is InChI=1S/C25H25/c1-2-4-6-8-10-12-14-16-18-20-22-24-25-23-21-19-17-15-13-11-9-7-5-3-1/h1-23H,24H2/b2-1+,5-3-,6-4+,9-7+,10-8-,13-11-,14-12+,17-15-,18-16+,21-19+,22-20+,25-23?. The highest BCUT2D eigenvalue weighted by Crippen LogP contribution is 1.90. The number of hydrogen-bond donors (Lipinski definition) is 0. The van der Waals surface area contributed by atoms with Crippen LogP contribution in [0.4, 0.5) is 0 Å². The van der Waals surface area contributed by atoms with Gasteiger partial charge in [-0.1, -0.05) is 140 Å². The van der Waals surface area contributed by atoms with Crippen LogP contribution >= 0.6 is 0 Å². The van der Waals surface area contributed by atoms with Gasteiger partial charge in [0.05, 0.1) is 0 Å². The number of hydrogen-bond acceptors (Lipinski definition) is 0. The van der Waals surface area contributed by atoms with Crippen molar-refractivity contribution in [3.8, 4) is 0 Å². The fraction of sp³-hybridized carbons (Fsp3) is 0.0400. The molecule has 0 saturated heterocycles. The Bertz CT molecular complexity index is 616. The molecule has 0 nitrogen and oxygen atoms in total. The van der Waals surface area contributed by atoms with E-state index in [1.807, 2.05) is 134 Å². The van der Waals surface area contributed by atoms with Crippen molar-refractivity contribution in [1.29, 1.82) is 0 Å². The van der Waals surface area contributed by atoms with Gasteiger partial charge in [-0.3, -0.25) is 0 Å². The van der Waals surface area contributed by atoms with E-state index in [9.17, 15) is 0 Å². The minimum Gasteiger partial charge on any atom is -0.0801 e. The van der Waals surface area contributed by atoms with Crippen molar-refractivity contribution in [2.24, 2.45) is 0 Å². The third kappa shape index (κ3) is 15.5. The lowest BCUT2D eigenvalue weighted by Crippen LogP contribution is -1.59. The average Bonchev–Trinajstić information content (AvgIpc) is 2.62. The van der Waals surface area contributed by atoms with E-state index < -0.39 is 0 Å². The summed E-state index contributed by atoms with van der Waals surface area (Å²) in [7, 11) is 0. The van der Waals surface area contributed by atoms with E-state index in [-0.39, 0.29) is 0 Å². The zero-order chi connectivity index (χ0) is 17.7. The van der Waals surface area contributed by atoms with E-state index in [1.165, 1.54) is 0 Å². The smallest absolute Gasteiger partial charge is 0.00915 e. The lowest BCUT2D eigenvalue weighted by atomic mass is 10.3. The van der Waals surface area contributed by atoms with Crippen molar-refractivity contribution in [1.82, 2.24) is 0 Å². The zero-order valence-electron chi connectivity index (χ0n) is 14.5. The third-order valence-corrected chi connectivity index (χ3v) is 2.81. The monoisotopic (exact) mass is 325 g/mol. The first-order valence-corrected chi connectivity index (χ1v) is 8.38. The van der Waals surface area contributed by atoms with E-state index in [4.69, 9.17) is 0 Å². The van der Waals surface area contributed by atoms with Gasteiger partial charge in [0, 0.05) is 0 Å². The van der Waals surface area contributed by atoms with Crippen LogP contribution in [-0.4, -0.2) is 0 Å². The molecule has 1 rings (SSSR count). The summed E-state index contributed by atoms with van der Waals surface area (Å²) in [4.78, 5) is 0. The number of rotatable bonds is 0. The molecular weight excluding hydrogens is 300 g/mol. The van der Waals surface area contributed by atoms with Crippen LogP contribution in [0.15, 0.2) is 140 Å². The van der Waals surface area contributed by atoms with Gasteiger partial charge in [0.25, 0.3) is 0 Å². The van der Waals surface area contributed by atoms with Gasteiger partial charge in [-0.05, 0) is 12.5 Å². The molecule has 0 aliphatic heterocycles. The van der Waals surface area contributed by atoms with E-state index in [0.717, 1.165) is 6.42 Å². The molecule has 1 aliphatic rings. The molecule has 0 heterocycles. The van der Waals surface area contributed by atoms with E-state index in [1.54, 1.807) is 0 Å². The largest absolute Gasteiger partial charge is 0.0801 e. The second kappa shape index (κ2) is 17.2. The maximum Gasteiger partial charge on any atom is -0.00915 e. The molecule has 1 aliphatic carbocycles. The normalized spacial score (nSPS) is 31.7. The SMILES string of the molecule is [C]1=C/C=C/C=C\C=C/C=C/C=C\C=C\C=C\C=C/C=C/C=C/C=C/C/1. The fourth-order valence-electron chi connectivity index (χ4n) is 1.63. The summed E-state index contributed by atoms with van der Waals surface area (Å²) >= 11 is 0. The van der Waals surface area contributed by atoms with Crippen LogP contribution in [0.1, 0.15) is 6.42 Å². The molecule has 0 atom stereocenters. The quantitative estimate of drug-likeness (QED) is 0.456. The number of allylic oxidation sites excluding steroid dienone is 24. The highest BCUT2D eigenvalue weighted by Gasteiger charge is 1.70. The van der Waals surface area contributed by atoms with Crippen LogP contribution in [0.3, 0.4) is 0 Å². The van der Waals surface area contributed by atoms with E-state index in [2.05, 4.69) is 12.2 Å². The molecule has 25 heavy (non-hydrogen) atoms. The van der Waals surface area contributed by atoms with Gasteiger partial charge in [0.2, 0.25) is 0 Å². The highest BCUT2D eigenvalue weighted by atomic mass is 13.8. The summed E-state index contributed by atoms with van der Waals surface area (Å²) in [6.45, 7) is 0. The first-order valence-electron chi connectivity index (χ1n) is 8.38. The molecule has 0 saturated carbocycles. The zero-order valence-corrected chi connectivity index (χ0v) is 14.5. The molecule has 0 fully saturated rings. The summed E-state index contributed by atoms with van der Waals surface area (Å²) in [5, 5.41) is 0. The van der Waals surface area contributed by atoms with Gasteiger partial charge in [-0.15, -0.1) is 0 Å². The summed E-state index contributed by atoms with van der Waals surface area (Å²) in [6.07, 6.45) is 50.0. The topological polar surface area (TPSA) is 0 Å². The predicted octanol–water partition coefficient (Wildman–Crippen LogP) is 6.87. The lowest BCUT2D eigenvalue weighted by molar-refractivity contribution is 1.34. The maximum absolute atomic E-state index is 3.20. The summed E-state index contributed by atoms with van der Waals surface area (Å²) < 4.78 is 0. The maximum atomic E-state index is 3.20. The van der Waals surface area contributed by atoms with Crippen LogP contribution in [0, 0.1) is 6.08 Å². The van der Waals surface area contributed by atoms with Crippen molar-refractivity contribution in [3.63, 3.8) is 0 Å². The van der Waals surface area contributed by atoms with Gasteiger partial charge in [0.15, 0.2) is 0 Å². The molecule has 0 bridgehead atoms. The lowest BCUT2D eigenvalue weighted by Gasteiger charge is -1.78. The second-order valence-electron chi connectivity index (χ2n) is 4.85. The second-order valence-corrected chi connectivity index (χ2v) is 4.85. The molecular formula is C25H25. The van der Waals surface area contributed by atoms with Gasteiger partial charge < -0.3 is 0 Å². The van der Waals surface area contributed by atoms with Crippen molar-refractivity contribution >= 4 is 0 Å². The van der Waals surface area contributed by atoms with Crippen molar-refractivity contribution < 1.29 is 0 Å². The van der Waals surface area contributed by atoms with Crippen LogP contribution in [0.2, 0.25) is 0 Å². The Kier molecular flexibility index (Phi) is 13.7. The van der Waals surface area contributed by atoms with E-state index >= 15 is 0 Å². The average molecular weight is 325 g/mol. The van der Waals surface area contributed by atoms with Crippen LogP contribution in [0.25, 0.3) is 0 Å². The first kappa shape index (κ1) is 19.9. The third-order valence-electron chi connectivity index (χ3n) is 2.81. The molecule has 0 spiro atoms. The Morgan fingerprint density at radius 1 is 0.320 bits per heavy atom. The van der Waals surface area contributed by atoms with Crippen LogP contribution in [0.5, 0.6) is 0 Å². The predicted molar refractivity (Wildman–Crippen MR) is 113 cm³/mol. The molecule has 0 unspecified atom stereocenters. The minimum absolute atomic E-state index is 0.804. The Morgan fingerprint density at radius 3 is 0.960 bits per heavy atom. The molecule has 0 aromatic carbocycles. The molecule has 125 valence electrons. The molecule has 0 aromatic heterocycles. The van der Waals surface area contributed by atoms with Crippen LogP contribution < -0.4 is 0 Å². The van der Waals surface area contributed by atoms with Gasteiger partial charge in [0.1, 0.15) is 0 Å². The summed E-state index contributed by atoms with van der Waals surface area (Å²) in [5.41, 5.74) is 0. The van der Waals surface area contributed by atoms with E-state index in [0.29, 0.717) is 0 Å². The molecule has 0 aromatic rings. The van der Waals surface area contributed by atoms with Crippen molar-refractivity contribution in [3.05, 3.63) is 146 Å². The molecule has 0 amide bonds. The van der Waals surface area contributed by atoms with Crippen molar-refractivity contribution in [2.75, 3.05) is 0 Å². The minimum atomic E-state index is 0.804. The Hall–Kier alpha value is -3.12. The van der Waals surface area contributed by atoms with Gasteiger partial charge in [-0.2, -0.15) is 0 Å². The van der Waals surface area contributed by atoms with Crippen LogP contribution in [-0.2, 0) is 0 Å². The Balaban J connectivity index is 2.64. The van der Waals surface area contributed by atoms with Crippen molar-refractivity contribution in [2.45, 2.75) is 6.42 Å². The van der Waals surface area contributed by atoms with Gasteiger partial charge >= 0.3 is 0 Å². The summed E-state index contributed by atoms with van der Waals surface area (Å²) in [5.74, 6) is 0. The van der Waals surface area contributed by atoms with Gasteiger partial charge in [-0.25, -0.2) is 0 Å². The molecule has 0 heteroatoms. The first-order chi connectivity index (χ1) is 12.5. The Morgan fingerprint density at radius 2 is 0.600 bits per heavy atom. The summed E-state index contributed by atoms with van der Waals surface area (Å²) in [6, 6.07) is 0. The molecule has 1 radical (unpaired) electrons. The fourth-order valence-corrected chi connectivity index (χ4v) is 1.63. The highest BCUT2D eigenvalue weighted by molar-refractivity contribution is 5.23. The molecule has 0 N–H and O–H groups in total. The Labute approximate surface area is 152 Å².